The van der Waals surface area contributed by atoms with Crippen LogP contribution in [0.25, 0.3) is 10.8 Å². The van der Waals surface area contributed by atoms with E-state index >= 15 is 0 Å². The zero-order valence-electron chi connectivity index (χ0n) is 18.5. The second kappa shape index (κ2) is 9.95. The quantitative estimate of drug-likeness (QED) is 0.423. The minimum atomic E-state index is -0.404. The highest BCUT2D eigenvalue weighted by Gasteiger charge is 2.35. The fourth-order valence-corrected chi connectivity index (χ4v) is 6.22. The SMILES string of the molecule is CCCCCCCC1CCC2CC(c3ccc4cc(C#N)c(F)cc4c3)CCC2C1. The fourth-order valence-electron chi connectivity index (χ4n) is 6.22. The number of hydrogen-bond acceptors (Lipinski definition) is 1. The molecule has 0 amide bonds. The lowest BCUT2D eigenvalue weighted by atomic mass is 9.63. The molecule has 0 aromatic heterocycles. The van der Waals surface area contributed by atoms with Crippen LogP contribution in [0, 0.1) is 34.9 Å². The third-order valence-electron chi connectivity index (χ3n) is 7.98. The molecule has 160 valence electrons. The van der Waals surface area contributed by atoms with Crippen LogP contribution >= 0.6 is 0 Å². The monoisotopic (exact) mass is 405 g/mol. The Morgan fingerprint density at radius 2 is 1.70 bits per heavy atom. The highest BCUT2D eigenvalue weighted by molar-refractivity contribution is 5.84. The average molecular weight is 406 g/mol. The lowest BCUT2D eigenvalue weighted by Gasteiger charge is -2.42. The predicted octanol–water partition coefficient (Wildman–Crippen LogP) is 8.51. The van der Waals surface area contributed by atoms with Crippen LogP contribution in [0.4, 0.5) is 4.39 Å². The first-order valence-electron chi connectivity index (χ1n) is 12.3. The van der Waals surface area contributed by atoms with Gasteiger partial charge in [0.15, 0.2) is 0 Å². The van der Waals surface area contributed by atoms with Gasteiger partial charge in [0, 0.05) is 0 Å². The lowest BCUT2D eigenvalue weighted by Crippen LogP contribution is -2.30. The van der Waals surface area contributed by atoms with Gasteiger partial charge in [-0.3, -0.25) is 0 Å². The van der Waals surface area contributed by atoms with Crippen molar-refractivity contribution in [1.82, 2.24) is 0 Å². The molecule has 0 radical (unpaired) electrons. The van der Waals surface area contributed by atoms with Gasteiger partial charge in [-0.25, -0.2) is 4.39 Å². The van der Waals surface area contributed by atoms with E-state index in [4.69, 9.17) is 5.26 Å². The van der Waals surface area contributed by atoms with Crippen molar-refractivity contribution < 1.29 is 4.39 Å². The van der Waals surface area contributed by atoms with E-state index in [-0.39, 0.29) is 5.56 Å². The first-order valence-corrected chi connectivity index (χ1v) is 12.3. The van der Waals surface area contributed by atoms with E-state index in [1.165, 1.54) is 88.7 Å². The molecular weight excluding hydrogens is 369 g/mol. The fraction of sp³-hybridized carbons (Fsp3) is 0.607. The van der Waals surface area contributed by atoms with Gasteiger partial charge in [-0.15, -0.1) is 0 Å². The van der Waals surface area contributed by atoms with Crippen molar-refractivity contribution in [3.63, 3.8) is 0 Å². The van der Waals surface area contributed by atoms with Crippen LogP contribution in [0.3, 0.4) is 0 Å². The van der Waals surface area contributed by atoms with Crippen molar-refractivity contribution in [2.45, 2.75) is 89.9 Å². The number of benzene rings is 2. The number of unbranched alkanes of at least 4 members (excludes halogenated alkanes) is 4. The molecule has 1 nitrogen and oxygen atoms in total. The topological polar surface area (TPSA) is 23.8 Å². The van der Waals surface area contributed by atoms with Gasteiger partial charge in [0.1, 0.15) is 11.9 Å². The van der Waals surface area contributed by atoms with Crippen molar-refractivity contribution >= 4 is 10.8 Å². The maximum atomic E-state index is 14.1. The molecule has 0 aliphatic heterocycles. The van der Waals surface area contributed by atoms with Gasteiger partial charge in [0.05, 0.1) is 5.56 Å². The molecule has 0 saturated heterocycles. The largest absolute Gasteiger partial charge is 0.206 e. The van der Waals surface area contributed by atoms with Crippen LogP contribution in [-0.4, -0.2) is 0 Å². The molecule has 0 bridgehead atoms. The van der Waals surface area contributed by atoms with E-state index in [9.17, 15) is 4.39 Å². The van der Waals surface area contributed by atoms with Crippen LogP contribution in [0.1, 0.15) is 101 Å². The highest BCUT2D eigenvalue weighted by atomic mass is 19.1. The van der Waals surface area contributed by atoms with Crippen LogP contribution in [0.2, 0.25) is 0 Å². The molecule has 30 heavy (non-hydrogen) atoms. The van der Waals surface area contributed by atoms with Crippen molar-refractivity contribution in [3.8, 4) is 6.07 Å². The second-order valence-electron chi connectivity index (χ2n) is 9.96. The maximum absolute atomic E-state index is 14.1. The Morgan fingerprint density at radius 3 is 2.53 bits per heavy atom. The molecule has 2 aromatic rings. The van der Waals surface area contributed by atoms with Gasteiger partial charge in [-0.2, -0.15) is 5.26 Å². The van der Waals surface area contributed by atoms with E-state index in [0.717, 1.165) is 28.5 Å². The number of nitriles is 1. The smallest absolute Gasteiger partial charge is 0.141 e. The number of fused-ring (bicyclic) bond motifs is 2. The summed E-state index contributed by atoms with van der Waals surface area (Å²) in [7, 11) is 0. The zero-order chi connectivity index (χ0) is 20.9. The molecule has 2 saturated carbocycles. The van der Waals surface area contributed by atoms with Crippen molar-refractivity contribution in [1.29, 1.82) is 5.26 Å². The molecule has 0 N–H and O–H groups in total. The summed E-state index contributed by atoms with van der Waals surface area (Å²) in [6.07, 6.45) is 16.7. The third kappa shape index (κ3) is 4.88. The zero-order valence-corrected chi connectivity index (χ0v) is 18.5. The van der Waals surface area contributed by atoms with E-state index in [0.29, 0.717) is 5.92 Å². The molecule has 0 spiro atoms. The van der Waals surface area contributed by atoms with Crippen LogP contribution in [-0.2, 0) is 0 Å². The summed E-state index contributed by atoms with van der Waals surface area (Å²) in [5, 5.41) is 10.9. The number of hydrogen-bond donors (Lipinski definition) is 0. The van der Waals surface area contributed by atoms with Gasteiger partial charge < -0.3 is 0 Å². The summed E-state index contributed by atoms with van der Waals surface area (Å²) >= 11 is 0. The maximum Gasteiger partial charge on any atom is 0.141 e. The normalized spacial score (nSPS) is 26.3. The summed E-state index contributed by atoms with van der Waals surface area (Å²) in [5.41, 5.74) is 1.50. The lowest BCUT2D eigenvalue weighted by molar-refractivity contribution is 0.113. The van der Waals surface area contributed by atoms with E-state index in [1.54, 1.807) is 6.07 Å². The number of nitrogens with zero attached hydrogens (tertiary/aromatic N) is 1. The Kier molecular flexibility index (Phi) is 7.08. The number of halogens is 1. The molecule has 4 atom stereocenters. The van der Waals surface area contributed by atoms with Gasteiger partial charge >= 0.3 is 0 Å². The second-order valence-corrected chi connectivity index (χ2v) is 9.96. The van der Waals surface area contributed by atoms with Gasteiger partial charge in [-0.05, 0) is 84.2 Å². The first-order chi connectivity index (χ1) is 14.7. The Balaban J connectivity index is 1.34. The Labute approximate surface area is 181 Å². The van der Waals surface area contributed by atoms with E-state index in [1.807, 2.05) is 6.07 Å². The van der Waals surface area contributed by atoms with Crippen LogP contribution in [0.15, 0.2) is 30.3 Å². The molecule has 4 unspecified atom stereocenters. The van der Waals surface area contributed by atoms with Crippen LogP contribution < -0.4 is 0 Å². The third-order valence-corrected chi connectivity index (χ3v) is 7.98. The molecular formula is C28H36FN. The van der Waals surface area contributed by atoms with Crippen molar-refractivity contribution in [2.75, 3.05) is 0 Å². The first kappa shape index (κ1) is 21.4. The Morgan fingerprint density at radius 1 is 0.900 bits per heavy atom. The van der Waals surface area contributed by atoms with Gasteiger partial charge in [0.25, 0.3) is 0 Å². The molecule has 2 aliphatic carbocycles. The van der Waals surface area contributed by atoms with Crippen molar-refractivity contribution in [3.05, 3.63) is 47.3 Å². The minimum Gasteiger partial charge on any atom is -0.206 e. The van der Waals surface area contributed by atoms with E-state index < -0.39 is 5.82 Å². The molecule has 0 heterocycles. The van der Waals surface area contributed by atoms with Crippen molar-refractivity contribution in [2.24, 2.45) is 17.8 Å². The standard InChI is InChI=1S/C28H36FN/c1-2-3-4-5-6-7-20-8-9-22-15-23(11-10-21(22)14-20)24-12-13-25-17-27(19-30)28(29)18-26(25)16-24/h12-13,16-18,20-23H,2-11,14-15H2,1H3. The summed E-state index contributed by atoms with van der Waals surface area (Å²) < 4.78 is 14.1. The average Bonchev–Trinajstić information content (AvgIpc) is 2.77. The Bertz CT molecular complexity index is 895. The molecule has 4 rings (SSSR count). The minimum absolute atomic E-state index is 0.137. The molecule has 2 fully saturated rings. The number of rotatable bonds is 7. The molecule has 2 aromatic carbocycles. The van der Waals surface area contributed by atoms with Gasteiger partial charge in [0.2, 0.25) is 0 Å². The summed E-state index contributed by atoms with van der Waals surface area (Å²) in [4.78, 5) is 0. The molecule has 2 heteroatoms. The van der Waals surface area contributed by atoms with Gasteiger partial charge in [-0.1, -0.05) is 70.1 Å². The summed E-state index contributed by atoms with van der Waals surface area (Å²) in [6, 6.07) is 11.6. The van der Waals surface area contributed by atoms with Crippen LogP contribution in [0.5, 0.6) is 0 Å². The summed E-state index contributed by atoms with van der Waals surface area (Å²) in [6.45, 7) is 2.29. The van der Waals surface area contributed by atoms with E-state index in [2.05, 4.69) is 25.1 Å². The Hall–Kier alpha value is -1.88. The highest BCUT2D eigenvalue weighted by Crippen LogP contribution is 2.48. The predicted molar refractivity (Wildman–Crippen MR) is 123 cm³/mol. The summed E-state index contributed by atoms with van der Waals surface area (Å²) in [5.74, 6) is 3.00. The molecule has 2 aliphatic rings.